The van der Waals surface area contributed by atoms with Gasteiger partial charge in [0.05, 0.1) is 11.6 Å². The van der Waals surface area contributed by atoms with Crippen LogP contribution in [0.1, 0.15) is 0 Å². The number of ether oxygens (including phenoxy) is 1. The van der Waals surface area contributed by atoms with Crippen LogP contribution in [0.15, 0.2) is 10.5 Å². The molecule has 0 saturated heterocycles. The SMILES string of the molecule is COc1cc(Br)c(O)s1. The molecule has 0 amide bonds. The van der Waals surface area contributed by atoms with Crippen molar-refractivity contribution in [1.29, 1.82) is 0 Å². The van der Waals surface area contributed by atoms with E-state index < -0.39 is 0 Å². The lowest BCUT2D eigenvalue weighted by molar-refractivity contribution is 0.427. The van der Waals surface area contributed by atoms with Gasteiger partial charge in [-0.3, -0.25) is 0 Å². The van der Waals surface area contributed by atoms with Crippen LogP contribution in [0.25, 0.3) is 0 Å². The van der Waals surface area contributed by atoms with E-state index in [1.807, 2.05) is 0 Å². The van der Waals surface area contributed by atoms with Gasteiger partial charge in [-0.25, -0.2) is 0 Å². The third kappa shape index (κ3) is 1.37. The van der Waals surface area contributed by atoms with E-state index in [9.17, 15) is 0 Å². The summed E-state index contributed by atoms with van der Waals surface area (Å²) in [6, 6.07) is 1.72. The first-order valence-electron chi connectivity index (χ1n) is 2.26. The topological polar surface area (TPSA) is 29.5 Å². The molecule has 0 aliphatic heterocycles. The van der Waals surface area contributed by atoms with Crippen LogP contribution in [0.5, 0.6) is 10.1 Å². The number of aromatic hydroxyl groups is 1. The van der Waals surface area contributed by atoms with Crippen molar-refractivity contribution in [2.75, 3.05) is 7.11 Å². The van der Waals surface area contributed by atoms with Crippen molar-refractivity contribution in [2.45, 2.75) is 0 Å². The van der Waals surface area contributed by atoms with Gasteiger partial charge in [0.1, 0.15) is 0 Å². The van der Waals surface area contributed by atoms with E-state index in [0.29, 0.717) is 9.54 Å². The van der Waals surface area contributed by atoms with E-state index in [0.717, 1.165) is 0 Å². The Labute approximate surface area is 65.2 Å². The Balaban J connectivity index is 2.98. The first-order chi connectivity index (χ1) is 4.24. The van der Waals surface area contributed by atoms with Gasteiger partial charge < -0.3 is 9.84 Å². The van der Waals surface area contributed by atoms with Gasteiger partial charge in [0.25, 0.3) is 0 Å². The number of methoxy groups -OCH3 is 1. The van der Waals surface area contributed by atoms with E-state index in [2.05, 4.69) is 15.9 Å². The quantitative estimate of drug-likeness (QED) is 0.768. The molecule has 1 aromatic heterocycles. The van der Waals surface area contributed by atoms with E-state index in [1.54, 1.807) is 13.2 Å². The molecule has 0 aliphatic rings. The second-order valence-corrected chi connectivity index (χ2v) is 3.27. The summed E-state index contributed by atoms with van der Waals surface area (Å²) in [6.07, 6.45) is 0. The zero-order valence-corrected chi connectivity index (χ0v) is 7.12. The molecule has 1 heterocycles. The summed E-state index contributed by atoms with van der Waals surface area (Å²) >= 11 is 4.34. The van der Waals surface area contributed by atoms with E-state index in [4.69, 9.17) is 9.84 Å². The predicted octanol–water partition coefficient (Wildman–Crippen LogP) is 2.22. The van der Waals surface area contributed by atoms with Crippen molar-refractivity contribution in [3.05, 3.63) is 10.5 Å². The lowest BCUT2D eigenvalue weighted by atomic mass is 10.6. The number of hydrogen-bond acceptors (Lipinski definition) is 3. The van der Waals surface area contributed by atoms with E-state index in [-0.39, 0.29) is 5.06 Å². The van der Waals surface area contributed by atoms with Gasteiger partial charge in [0.2, 0.25) is 0 Å². The highest BCUT2D eigenvalue weighted by atomic mass is 79.9. The van der Waals surface area contributed by atoms with E-state index >= 15 is 0 Å². The third-order valence-electron chi connectivity index (χ3n) is 0.847. The molecule has 0 aliphatic carbocycles. The summed E-state index contributed by atoms with van der Waals surface area (Å²) in [7, 11) is 1.57. The van der Waals surface area contributed by atoms with Crippen LogP contribution in [0.2, 0.25) is 0 Å². The van der Waals surface area contributed by atoms with Crippen molar-refractivity contribution in [3.8, 4) is 10.1 Å². The Hall–Kier alpha value is -0.220. The minimum atomic E-state index is 0.256. The molecule has 0 saturated carbocycles. The van der Waals surface area contributed by atoms with Gasteiger partial charge in [-0.1, -0.05) is 11.3 Å². The molecule has 0 aromatic carbocycles. The fourth-order valence-electron chi connectivity index (χ4n) is 0.439. The molecule has 50 valence electrons. The van der Waals surface area contributed by atoms with Gasteiger partial charge in [-0.05, 0) is 15.9 Å². The van der Waals surface area contributed by atoms with Crippen molar-refractivity contribution in [1.82, 2.24) is 0 Å². The lowest BCUT2D eigenvalue weighted by Crippen LogP contribution is -1.73. The summed E-state index contributed by atoms with van der Waals surface area (Å²) in [5.74, 6) is 0. The molecule has 4 heteroatoms. The Morgan fingerprint density at radius 2 is 2.44 bits per heavy atom. The fourth-order valence-corrected chi connectivity index (χ4v) is 1.65. The molecule has 2 nitrogen and oxygen atoms in total. The zero-order valence-electron chi connectivity index (χ0n) is 4.72. The van der Waals surface area contributed by atoms with E-state index in [1.165, 1.54) is 11.3 Å². The number of hydrogen-bond donors (Lipinski definition) is 1. The van der Waals surface area contributed by atoms with Crippen molar-refractivity contribution in [3.63, 3.8) is 0 Å². The molecule has 0 spiro atoms. The highest BCUT2D eigenvalue weighted by Crippen LogP contribution is 2.38. The van der Waals surface area contributed by atoms with Crippen LogP contribution in [-0.2, 0) is 0 Å². The molecule has 1 aromatic rings. The summed E-state index contributed by atoms with van der Waals surface area (Å²) < 4.78 is 5.53. The Kier molecular flexibility index (Phi) is 1.97. The average Bonchev–Trinajstić information content (AvgIpc) is 2.13. The maximum Gasteiger partial charge on any atom is 0.189 e. The summed E-state index contributed by atoms with van der Waals surface area (Å²) in [5.41, 5.74) is 0. The Morgan fingerprint density at radius 3 is 2.67 bits per heavy atom. The Morgan fingerprint density at radius 1 is 1.78 bits per heavy atom. The number of halogens is 1. The van der Waals surface area contributed by atoms with Crippen LogP contribution >= 0.6 is 27.3 Å². The molecular formula is C5H5BrO2S. The van der Waals surface area contributed by atoms with Crippen LogP contribution in [0, 0.1) is 0 Å². The summed E-state index contributed by atoms with van der Waals surface area (Å²) in [4.78, 5) is 0. The largest absolute Gasteiger partial charge is 0.499 e. The van der Waals surface area contributed by atoms with Gasteiger partial charge in [0.15, 0.2) is 10.1 Å². The maximum absolute atomic E-state index is 8.96. The van der Waals surface area contributed by atoms with Crippen LogP contribution in [-0.4, -0.2) is 12.2 Å². The van der Waals surface area contributed by atoms with Gasteiger partial charge in [-0.2, -0.15) is 0 Å². The second-order valence-electron chi connectivity index (χ2n) is 1.42. The van der Waals surface area contributed by atoms with Crippen molar-refractivity contribution < 1.29 is 9.84 Å². The molecule has 0 unspecified atom stereocenters. The molecule has 1 rings (SSSR count). The van der Waals surface area contributed by atoms with Gasteiger partial charge >= 0.3 is 0 Å². The van der Waals surface area contributed by atoms with Gasteiger partial charge in [0, 0.05) is 6.07 Å². The predicted molar refractivity (Wildman–Crippen MR) is 40.2 cm³/mol. The third-order valence-corrected chi connectivity index (χ3v) is 2.61. The molecule has 0 radical (unpaired) electrons. The normalized spacial score (nSPS) is 9.56. The second kappa shape index (κ2) is 2.58. The first-order valence-corrected chi connectivity index (χ1v) is 3.87. The lowest BCUT2D eigenvalue weighted by Gasteiger charge is -1.86. The molecular weight excluding hydrogens is 204 g/mol. The minimum Gasteiger partial charge on any atom is -0.499 e. The molecule has 9 heavy (non-hydrogen) atoms. The number of rotatable bonds is 1. The molecule has 0 fully saturated rings. The summed E-state index contributed by atoms with van der Waals surface area (Å²) in [6.45, 7) is 0. The smallest absolute Gasteiger partial charge is 0.189 e. The standard InChI is InChI=1S/C5H5BrO2S/c1-8-4-2-3(6)5(7)9-4/h2,7H,1H3. The van der Waals surface area contributed by atoms with Crippen LogP contribution in [0.4, 0.5) is 0 Å². The van der Waals surface area contributed by atoms with Crippen molar-refractivity contribution in [2.24, 2.45) is 0 Å². The molecule has 0 bridgehead atoms. The minimum absolute atomic E-state index is 0.256. The van der Waals surface area contributed by atoms with Crippen LogP contribution < -0.4 is 4.74 Å². The highest BCUT2D eigenvalue weighted by Gasteiger charge is 2.03. The van der Waals surface area contributed by atoms with Crippen molar-refractivity contribution >= 4 is 27.3 Å². The molecule has 0 atom stereocenters. The zero-order chi connectivity index (χ0) is 6.85. The monoisotopic (exact) mass is 208 g/mol. The molecule has 1 N–H and O–H groups in total. The average molecular weight is 209 g/mol. The fraction of sp³-hybridized carbons (Fsp3) is 0.200. The summed E-state index contributed by atoms with van der Waals surface area (Å²) in [5, 5.41) is 9.93. The maximum atomic E-state index is 8.96. The first kappa shape index (κ1) is 6.89. The van der Waals surface area contributed by atoms with Gasteiger partial charge in [-0.15, -0.1) is 0 Å². The highest BCUT2D eigenvalue weighted by molar-refractivity contribution is 9.10. The number of thiophene rings is 1. The Bertz CT molecular complexity index is 189. The van der Waals surface area contributed by atoms with Crippen LogP contribution in [0.3, 0.4) is 0 Å².